The molecular formula is C18H20O3S. The standard InChI is InChI=1S/C18H20O3S/c1-15-11-13-18(14-12-15)22(19,20)21-16(2)7-6-10-17-8-4-3-5-9-17/h3-6,8-14,16H,7H2,1-2H3/b10-6+. The van der Waals surface area contributed by atoms with Gasteiger partial charge in [0, 0.05) is 0 Å². The first kappa shape index (κ1) is 16.5. The smallest absolute Gasteiger partial charge is 0.263 e. The molecule has 0 aliphatic rings. The van der Waals surface area contributed by atoms with Crippen LogP contribution in [0.3, 0.4) is 0 Å². The summed E-state index contributed by atoms with van der Waals surface area (Å²) in [5, 5.41) is 0. The van der Waals surface area contributed by atoms with Crippen LogP contribution >= 0.6 is 0 Å². The van der Waals surface area contributed by atoms with E-state index >= 15 is 0 Å². The van der Waals surface area contributed by atoms with Crippen LogP contribution in [-0.4, -0.2) is 14.5 Å². The van der Waals surface area contributed by atoms with Crippen LogP contribution in [0, 0.1) is 6.92 Å². The molecule has 0 spiro atoms. The minimum absolute atomic E-state index is 0.192. The molecule has 0 aliphatic heterocycles. The Labute approximate surface area is 132 Å². The molecule has 0 fully saturated rings. The fourth-order valence-corrected chi connectivity index (χ4v) is 3.07. The van der Waals surface area contributed by atoms with Gasteiger partial charge in [-0.1, -0.05) is 60.2 Å². The predicted octanol–water partition coefficient (Wildman–Crippen LogP) is 4.19. The molecule has 0 heterocycles. The van der Waals surface area contributed by atoms with Crippen molar-refractivity contribution in [3.63, 3.8) is 0 Å². The van der Waals surface area contributed by atoms with Gasteiger partial charge in [0.2, 0.25) is 0 Å². The summed E-state index contributed by atoms with van der Waals surface area (Å²) >= 11 is 0. The molecule has 2 aromatic rings. The van der Waals surface area contributed by atoms with Crippen molar-refractivity contribution in [3.8, 4) is 0 Å². The summed E-state index contributed by atoms with van der Waals surface area (Å²) in [5.41, 5.74) is 2.09. The van der Waals surface area contributed by atoms with Crippen molar-refractivity contribution < 1.29 is 12.6 Å². The second-order valence-electron chi connectivity index (χ2n) is 5.22. The molecule has 4 heteroatoms. The van der Waals surface area contributed by atoms with Gasteiger partial charge in [-0.25, -0.2) is 0 Å². The lowest BCUT2D eigenvalue weighted by Gasteiger charge is -2.11. The molecule has 0 bridgehead atoms. The summed E-state index contributed by atoms with van der Waals surface area (Å²) in [7, 11) is -3.71. The zero-order valence-electron chi connectivity index (χ0n) is 12.8. The normalized spacial score (nSPS) is 13.4. The van der Waals surface area contributed by atoms with Crippen molar-refractivity contribution in [2.75, 3.05) is 0 Å². The Balaban J connectivity index is 1.95. The van der Waals surface area contributed by atoms with Gasteiger partial charge in [-0.05, 0) is 38.0 Å². The third kappa shape index (κ3) is 4.83. The maximum Gasteiger partial charge on any atom is 0.297 e. The zero-order valence-corrected chi connectivity index (χ0v) is 13.6. The van der Waals surface area contributed by atoms with Crippen LogP contribution in [0.25, 0.3) is 6.08 Å². The Hall–Kier alpha value is -1.91. The molecule has 3 nitrogen and oxygen atoms in total. The van der Waals surface area contributed by atoms with Gasteiger partial charge >= 0.3 is 0 Å². The molecular weight excluding hydrogens is 296 g/mol. The molecule has 0 aromatic heterocycles. The Morgan fingerprint density at radius 1 is 1.05 bits per heavy atom. The highest BCUT2D eigenvalue weighted by atomic mass is 32.2. The molecule has 0 saturated carbocycles. The Bertz CT molecular complexity index is 717. The largest absolute Gasteiger partial charge is 0.297 e. The van der Waals surface area contributed by atoms with Crippen LogP contribution in [0.15, 0.2) is 65.6 Å². The van der Waals surface area contributed by atoms with Crippen LogP contribution in [0.5, 0.6) is 0 Å². The second-order valence-corrected chi connectivity index (χ2v) is 6.79. The Morgan fingerprint density at radius 3 is 2.32 bits per heavy atom. The first-order valence-corrected chi connectivity index (χ1v) is 8.60. The summed E-state index contributed by atoms with van der Waals surface area (Å²) in [6, 6.07) is 16.5. The van der Waals surface area contributed by atoms with Crippen molar-refractivity contribution in [3.05, 3.63) is 71.8 Å². The van der Waals surface area contributed by atoms with E-state index in [1.165, 1.54) is 0 Å². The molecule has 1 unspecified atom stereocenters. The molecule has 116 valence electrons. The topological polar surface area (TPSA) is 43.4 Å². The Kier molecular flexibility index (Phi) is 5.52. The molecule has 2 aromatic carbocycles. The number of aryl methyl sites for hydroxylation is 1. The Morgan fingerprint density at radius 2 is 1.68 bits per heavy atom. The van der Waals surface area contributed by atoms with Crippen LogP contribution in [0.1, 0.15) is 24.5 Å². The molecule has 2 rings (SSSR count). The van der Waals surface area contributed by atoms with Crippen molar-refractivity contribution in [2.45, 2.75) is 31.3 Å². The molecule has 0 N–H and O–H groups in total. The van der Waals surface area contributed by atoms with Crippen LogP contribution in [0.4, 0.5) is 0 Å². The van der Waals surface area contributed by atoms with E-state index in [9.17, 15) is 8.42 Å². The minimum atomic E-state index is -3.71. The first-order valence-electron chi connectivity index (χ1n) is 7.19. The highest BCUT2D eigenvalue weighted by molar-refractivity contribution is 7.86. The fourth-order valence-electron chi connectivity index (χ4n) is 1.98. The van der Waals surface area contributed by atoms with E-state index in [0.717, 1.165) is 11.1 Å². The molecule has 0 radical (unpaired) electrons. The van der Waals surface area contributed by atoms with Crippen molar-refractivity contribution in [2.24, 2.45) is 0 Å². The van der Waals surface area contributed by atoms with Gasteiger partial charge in [-0.2, -0.15) is 8.42 Å². The van der Waals surface area contributed by atoms with E-state index in [1.807, 2.05) is 49.4 Å². The number of benzene rings is 2. The average Bonchev–Trinajstić information content (AvgIpc) is 2.48. The van der Waals surface area contributed by atoms with Gasteiger partial charge in [0.1, 0.15) is 0 Å². The molecule has 0 amide bonds. The predicted molar refractivity (Wildman–Crippen MR) is 89.0 cm³/mol. The summed E-state index contributed by atoms with van der Waals surface area (Å²) in [6.07, 6.45) is 3.99. The monoisotopic (exact) mass is 316 g/mol. The lowest BCUT2D eigenvalue weighted by atomic mass is 10.2. The zero-order chi connectivity index (χ0) is 16.0. The van der Waals surface area contributed by atoms with E-state index in [-0.39, 0.29) is 4.90 Å². The molecule has 22 heavy (non-hydrogen) atoms. The van der Waals surface area contributed by atoms with Gasteiger partial charge in [0.15, 0.2) is 0 Å². The van der Waals surface area contributed by atoms with Crippen LogP contribution < -0.4 is 0 Å². The van der Waals surface area contributed by atoms with Gasteiger partial charge in [0.05, 0.1) is 11.0 Å². The minimum Gasteiger partial charge on any atom is -0.263 e. The van der Waals surface area contributed by atoms with Crippen LogP contribution in [0.2, 0.25) is 0 Å². The number of hydrogen-bond donors (Lipinski definition) is 0. The summed E-state index contributed by atoms with van der Waals surface area (Å²) in [4.78, 5) is 0.192. The van der Waals surface area contributed by atoms with E-state index < -0.39 is 16.2 Å². The van der Waals surface area contributed by atoms with E-state index in [4.69, 9.17) is 4.18 Å². The maximum atomic E-state index is 12.1. The second kappa shape index (κ2) is 7.38. The molecule has 0 aliphatic carbocycles. The van der Waals surface area contributed by atoms with Gasteiger partial charge in [-0.3, -0.25) is 4.18 Å². The summed E-state index contributed by atoms with van der Waals surface area (Å²) in [5.74, 6) is 0. The molecule has 1 atom stereocenters. The highest BCUT2D eigenvalue weighted by Gasteiger charge is 2.18. The number of hydrogen-bond acceptors (Lipinski definition) is 3. The quantitative estimate of drug-likeness (QED) is 0.750. The lowest BCUT2D eigenvalue weighted by Crippen LogP contribution is -2.14. The lowest BCUT2D eigenvalue weighted by molar-refractivity contribution is 0.232. The van der Waals surface area contributed by atoms with Crippen molar-refractivity contribution in [1.82, 2.24) is 0 Å². The van der Waals surface area contributed by atoms with E-state index in [1.54, 1.807) is 31.2 Å². The van der Waals surface area contributed by atoms with E-state index in [2.05, 4.69) is 0 Å². The van der Waals surface area contributed by atoms with Crippen LogP contribution in [-0.2, 0) is 14.3 Å². The van der Waals surface area contributed by atoms with Gasteiger partial charge < -0.3 is 0 Å². The summed E-state index contributed by atoms with van der Waals surface area (Å²) < 4.78 is 29.5. The van der Waals surface area contributed by atoms with Crippen molar-refractivity contribution >= 4 is 16.2 Å². The highest BCUT2D eigenvalue weighted by Crippen LogP contribution is 2.16. The van der Waals surface area contributed by atoms with Crippen molar-refractivity contribution in [1.29, 1.82) is 0 Å². The third-order valence-corrected chi connectivity index (χ3v) is 4.61. The molecule has 0 saturated heterocycles. The fraction of sp³-hybridized carbons (Fsp3) is 0.222. The van der Waals surface area contributed by atoms with Gasteiger partial charge in [-0.15, -0.1) is 0 Å². The maximum absolute atomic E-state index is 12.1. The van der Waals surface area contributed by atoms with E-state index in [0.29, 0.717) is 6.42 Å². The number of rotatable bonds is 6. The first-order chi connectivity index (χ1) is 10.5. The average molecular weight is 316 g/mol. The SMILES string of the molecule is Cc1ccc(S(=O)(=O)OC(C)C/C=C/c2ccccc2)cc1. The third-order valence-electron chi connectivity index (χ3n) is 3.18. The van der Waals surface area contributed by atoms with Gasteiger partial charge in [0.25, 0.3) is 10.1 Å². The summed E-state index contributed by atoms with van der Waals surface area (Å²) in [6.45, 7) is 3.66.